The molecule has 2 rings (SSSR count). The molecular formula is C17H17NO3. The average molecular weight is 283 g/mol. The van der Waals surface area contributed by atoms with Crippen LogP contribution in [-0.4, -0.2) is 21.3 Å². The summed E-state index contributed by atoms with van der Waals surface area (Å²) in [5.41, 5.74) is 2.75. The lowest BCUT2D eigenvalue weighted by molar-refractivity contribution is 0.322. The molecule has 0 N–H and O–H groups in total. The first-order chi connectivity index (χ1) is 10.2. The van der Waals surface area contributed by atoms with Gasteiger partial charge in [0.05, 0.1) is 33.0 Å². The Kier molecular flexibility index (Phi) is 4.68. The van der Waals surface area contributed by atoms with Crippen LogP contribution in [0.3, 0.4) is 0 Å². The zero-order valence-corrected chi connectivity index (χ0v) is 12.3. The van der Waals surface area contributed by atoms with Crippen molar-refractivity contribution in [2.45, 2.75) is 6.42 Å². The van der Waals surface area contributed by atoms with Gasteiger partial charge < -0.3 is 14.2 Å². The molecule has 0 aromatic heterocycles. The summed E-state index contributed by atoms with van der Waals surface area (Å²) in [6.07, 6.45) is 0.690. The summed E-state index contributed by atoms with van der Waals surface area (Å²) >= 11 is 0. The van der Waals surface area contributed by atoms with Crippen molar-refractivity contribution >= 4 is 0 Å². The first kappa shape index (κ1) is 14.7. The predicted octanol–water partition coefficient (Wildman–Crippen LogP) is 3.17. The van der Waals surface area contributed by atoms with Crippen LogP contribution in [0.25, 0.3) is 0 Å². The SMILES string of the molecule is COc1ccc(Cc2ccc(C#N)cc2)c(OC)c1OC. The summed E-state index contributed by atoms with van der Waals surface area (Å²) in [6.45, 7) is 0. The molecular weight excluding hydrogens is 266 g/mol. The Bertz CT molecular complexity index is 657. The minimum atomic E-state index is 0.589. The van der Waals surface area contributed by atoms with Gasteiger partial charge in [-0.15, -0.1) is 0 Å². The van der Waals surface area contributed by atoms with Crippen LogP contribution >= 0.6 is 0 Å². The largest absolute Gasteiger partial charge is 0.493 e. The van der Waals surface area contributed by atoms with Gasteiger partial charge in [-0.3, -0.25) is 0 Å². The van der Waals surface area contributed by atoms with Gasteiger partial charge in [-0.1, -0.05) is 18.2 Å². The molecule has 0 amide bonds. The highest BCUT2D eigenvalue weighted by molar-refractivity contribution is 5.56. The number of benzene rings is 2. The smallest absolute Gasteiger partial charge is 0.203 e. The molecule has 0 unspecified atom stereocenters. The Balaban J connectivity index is 2.37. The third-order valence-corrected chi connectivity index (χ3v) is 3.26. The molecule has 108 valence electrons. The first-order valence-corrected chi connectivity index (χ1v) is 6.50. The second kappa shape index (κ2) is 6.67. The number of methoxy groups -OCH3 is 3. The van der Waals surface area contributed by atoms with Crippen molar-refractivity contribution in [3.63, 3.8) is 0 Å². The normalized spacial score (nSPS) is 9.81. The molecule has 0 aliphatic carbocycles. The minimum Gasteiger partial charge on any atom is -0.493 e. The zero-order valence-electron chi connectivity index (χ0n) is 12.3. The third kappa shape index (κ3) is 3.09. The molecule has 4 nitrogen and oxygen atoms in total. The van der Waals surface area contributed by atoms with Crippen LogP contribution in [0.15, 0.2) is 36.4 Å². The minimum absolute atomic E-state index is 0.589. The Morgan fingerprint density at radius 3 is 2.05 bits per heavy atom. The lowest BCUT2D eigenvalue weighted by Crippen LogP contribution is -1.99. The lowest BCUT2D eigenvalue weighted by atomic mass is 10.0. The fourth-order valence-corrected chi connectivity index (χ4v) is 2.22. The van der Waals surface area contributed by atoms with E-state index in [-0.39, 0.29) is 0 Å². The first-order valence-electron chi connectivity index (χ1n) is 6.50. The van der Waals surface area contributed by atoms with Crippen molar-refractivity contribution in [1.29, 1.82) is 5.26 Å². The molecule has 0 spiro atoms. The van der Waals surface area contributed by atoms with E-state index in [4.69, 9.17) is 19.5 Å². The molecule has 0 atom stereocenters. The van der Waals surface area contributed by atoms with Crippen molar-refractivity contribution in [3.8, 4) is 23.3 Å². The number of hydrogen-bond acceptors (Lipinski definition) is 4. The van der Waals surface area contributed by atoms with E-state index in [0.29, 0.717) is 29.2 Å². The topological polar surface area (TPSA) is 51.5 Å². The van der Waals surface area contributed by atoms with Gasteiger partial charge >= 0.3 is 0 Å². The summed E-state index contributed by atoms with van der Waals surface area (Å²) in [4.78, 5) is 0. The zero-order chi connectivity index (χ0) is 15.2. The van der Waals surface area contributed by atoms with Crippen LogP contribution in [-0.2, 0) is 6.42 Å². The second-order valence-corrected chi connectivity index (χ2v) is 4.48. The Morgan fingerprint density at radius 2 is 1.52 bits per heavy atom. The van der Waals surface area contributed by atoms with Gasteiger partial charge in [0.25, 0.3) is 0 Å². The van der Waals surface area contributed by atoms with E-state index in [0.717, 1.165) is 11.1 Å². The lowest BCUT2D eigenvalue weighted by Gasteiger charge is -2.15. The fraction of sp³-hybridized carbons (Fsp3) is 0.235. The summed E-state index contributed by atoms with van der Waals surface area (Å²) in [6, 6.07) is 13.4. The summed E-state index contributed by atoms with van der Waals surface area (Å²) in [5.74, 6) is 1.89. The van der Waals surface area contributed by atoms with E-state index in [1.807, 2.05) is 36.4 Å². The monoisotopic (exact) mass is 283 g/mol. The highest BCUT2D eigenvalue weighted by Crippen LogP contribution is 2.40. The van der Waals surface area contributed by atoms with Crippen LogP contribution in [0.4, 0.5) is 0 Å². The van der Waals surface area contributed by atoms with Crippen LogP contribution in [0.5, 0.6) is 17.2 Å². The Morgan fingerprint density at radius 1 is 0.857 bits per heavy atom. The number of nitriles is 1. The molecule has 21 heavy (non-hydrogen) atoms. The van der Waals surface area contributed by atoms with Gasteiger partial charge in [-0.2, -0.15) is 5.26 Å². The molecule has 0 bridgehead atoms. The summed E-state index contributed by atoms with van der Waals surface area (Å²) in [7, 11) is 4.79. The van der Waals surface area contributed by atoms with Crippen LogP contribution in [0.2, 0.25) is 0 Å². The molecule has 0 saturated heterocycles. The molecule has 0 aliphatic rings. The molecule has 0 fully saturated rings. The van der Waals surface area contributed by atoms with Gasteiger partial charge in [-0.25, -0.2) is 0 Å². The highest BCUT2D eigenvalue weighted by atomic mass is 16.5. The Hall–Kier alpha value is -2.67. The number of hydrogen-bond donors (Lipinski definition) is 0. The van der Waals surface area contributed by atoms with Crippen molar-refractivity contribution < 1.29 is 14.2 Å². The predicted molar refractivity (Wildman–Crippen MR) is 80.1 cm³/mol. The van der Waals surface area contributed by atoms with Crippen molar-refractivity contribution in [1.82, 2.24) is 0 Å². The van der Waals surface area contributed by atoms with Crippen molar-refractivity contribution in [3.05, 3.63) is 53.1 Å². The Labute approximate surface area is 124 Å². The molecule has 0 radical (unpaired) electrons. The number of rotatable bonds is 5. The van der Waals surface area contributed by atoms with E-state index in [1.54, 1.807) is 21.3 Å². The van der Waals surface area contributed by atoms with Crippen LogP contribution < -0.4 is 14.2 Å². The maximum Gasteiger partial charge on any atom is 0.203 e. The molecule has 4 heteroatoms. The van der Waals surface area contributed by atoms with Crippen LogP contribution in [0, 0.1) is 11.3 Å². The van der Waals surface area contributed by atoms with Gasteiger partial charge in [0.1, 0.15) is 0 Å². The van der Waals surface area contributed by atoms with Gasteiger partial charge in [0.15, 0.2) is 11.5 Å². The molecule has 0 heterocycles. The number of ether oxygens (including phenoxy) is 3. The van der Waals surface area contributed by atoms with Gasteiger partial charge in [0.2, 0.25) is 5.75 Å². The van der Waals surface area contributed by atoms with Crippen LogP contribution in [0.1, 0.15) is 16.7 Å². The summed E-state index contributed by atoms with van der Waals surface area (Å²) < 4.78 is 16.1. The average Bonchev–Trinajstić information content (AvgIpc) is 2.54. The van der Waals surface area contributed by atoms with E-state index in [2.05, 4.69) is 6.07 Å². The standard InChI is InChI=1S/C17H17NO3/c1-19-15-9-8-14(16(20-2)17(15)21-3)10-12-4-6-13(11-18)7-5-12/h4-9H,10H2,1-3H3. The number of nitrogens with zero attached hydrogens (tertiary/aromatic N) is 1. The van der Waals surface area contributed by atoms with Crippen molar-refractivity contribution in [2.75, 3.05) is 21.3 Å². The van der Waals surface area contributed by atoms with Crippen molar-refractivity contribution in [2.24, 2.45) is 0 Å². The maximum atomic E-state index is 8.83. The third-order valence-electron chi connectivity index (χ3n) is 3.26. The maximum absolute atomic E-state index is 8.83. The van der Waals surface area contributed by atoms with E-state index in [9.17, 15) is 0 Å². The molecule has 2 aromatic carbocycles. The second-order valence-electron chi connectivity index (χ2n) is 4.48. The molecule has 0 aliphatic heterocycles. The van der Waals surface area contributed by atoms with E-state index in [1.165, 1.54) is 0 Å². The molecule has 2 aromatic rings. The summed E-state index contributed by atoms with van der Waals surface area (Å²) in [5, 5.41) is 8.83. The fourth-order valence-electron chi connectivity index (χ4n) is 2.22. The molecule has 0 saturated carbocycles. The van der Waals surface area contributed by atoms with E-state index < -0.39 is 0 Å². The van der Waals surface area contributed by atoms with Gasteiger partial charge in [-0.05, 0) is 23.8 Å². The van der Waals surface area contributed by atoms with E-state index >= 15 is 0 Å². The quantitative estimate of drug-likeness (QED) is 0.845. The highest BCUT2D eigenvalue weighted by Gasteiger charge is 2.15. The van der Waals surface area contributed by atoms with Gasteiger partial charge in [0, 0.05) is 12.0 Å².